The van der Waals surface area contributed by atoms with Crippen LogP contribution in [0.1, 0.15) is 31.7 Å². The van der Waals surface area contributed by atoms with Crippen LogP contribution in [0.5, 0.6) is 0 Å². The summed E-state index contributed by atoms with van der Waals surface area (Å²) < 4.78 is 4.96. The zero-order valence-electron chi connectivity index (χ0n) is 15.5. The number of urea groups is 1. The van der Waals surface area contributed by atoms with Crippen LogP contribution in [-0.2, 0) is 14.9 Å². The number of rotatable bonds is 6. The van der Waals surface area contributed by atoms with Crippen molar-refractivity contribution in [3.8, 4) is 0 Å². The van der Waals surface area contributed by atoms with Crippen LogP contribution in [-0.4, -0.2) is 56.7 Å². The number of hydrogen-bond donors (Lipinski definition) is 2. The molecule has 2 rings (SSSR count). The molecule has 25 heavy (non-hydrogen) atoms. The summed E-state index contributed by atoms with van der Waals surface area (Å²) in [5.74, 6) is -0.368. The van der Waals surface area contributed by atoms with Crippen LogP contribution < -0.4 is 10.6 Å². The van der Waals surface area contributed by atoms with Crippen molar-refractivity contribution in [2.75, 3.05) is 27.7 Å². The summed E-state index contributed by atoms with van der Waals surface area (Å²) in [5.41, 5.74) is -0.106. The number of hydrogen-bond acceptors (Lipinski definition) is 4. The first-order valence-electron chi connectivity index (χ1n) is 8.71. The van der Waals surface area contributed by atoms with Gasteiger partial charge in [-0.3, -0.25) is 4.79 Å². The van der Waals surface area contributed by atoms with Crippen LogP contribution in [0.3, 0.4) is 0 Å². The highest BCUT2D eigenvalue weighted by Crippen LogP contribution is 2.25. The van der Waals surface area contributed by atoms with Crippen molar-refractivity contribution in [1.29, 1.82) is 0 Å². The second-order valence-corrected chi connectivity index (χ2v) is 7.14. The first-order chi connectivity index (χ1) is 11.9. The Hall–Kier alpha value is -2.08. The average Bonchev–Trinajstić information content (AvgIpc) is 3.08. The minimum atomic E-state index is -0.921. The third-order valence-corrected chi connectivity index (χ3v) is 5.12. The summed E-state index contributed by atoms with van der Waals surface area (Å²) in [7, 11) is 5.49. The van der Waals surface area contributed by atoms with Crippen LogP contribution in [0.15, 0.2) is 30.3 Å². The van der Waals surface area contributed by atoms with Gasteiger partial charge in [0, 0.05) is 18.6 Å². The quantitative estimate of drug-likeness (QED) is 0.771. The van der Waals surface area contributed by atoms with E-state index in [-0.39, 0.29) is 24.6 Å². The SMILES string of the molecule is COC(=O)C(C)(CNC(=O)N[C@@H]1CC[C@H](N(C)C)C1)c1ccccc1. The van der Waals surface area contributed by atoms with E-state index in [1.54, 1.807) is 6.92 Å². The number of carbonyl (C=O) groups excluding carboxylic acids is 2. The number of carbonyl (C=O) groups is 2. The highest BCUT2D eigenvalue weighted by molar-refractivity contribution is 5.84. The molecule has 6 nitrogen and oxygen atoms in total. The molecular formula is C19H29N3O3. The topological polar surface area (TPSA) is 70.7 Å². The van der Waals surface area contributed by atoms with E-state index >= 15 is 0 Å². The minimum Gasteiger partial charge on any atom is -0.468 e. The van der Waals surface area contributed by atoms with E-state index in [0.717, 1.165) is 24.8 Å². The fourth-order valence-corrected chi connectivity index (χ4v) is 3.37. The molecule has 1 aliphatic carbocycles. The van der Waals surface area contributed by atoms with Crippen molar-refractivity contribution in [1.82, 2.24) is 15.5 Å². The number of ether oxygens (including phenoxy) is 1. The largest absolute Gasteiger partial charge is 0.468 e. The molecule has 3 atom stereocenters. The summed E-state index contributed by atoms with van der Waals surface area (Å²) in [4.78, 5) is 26.8. The van der Waals surface area contributed by atoms with Gasteiger partial charge in [-0.15, -0.1) is 0 Å². The van der Waals surface area contributed by atoms with Gasteiger partial charge in [-0.05, 0) is 45.8 Å². The maximum atomic E-state index is 12.3. The lowest BCUT2D eigenvalue weighted by atomic mass is 9.82. The van der Waals surface area contributed by atoms with Gasteiger partial charge in [0.05, 0.1) is 7.11 Å². The fraction of sp³-hybridized carbons (Fsp3) is 0.579. The molecule has 0 radical (unpaired) electrons. The molecule has 1 aliphatic rings. The highest BCUT2D eigenvalue weighted by Gasteiger charge is 2.37. The van der Waals surface area contributed by atoms with Gasteiger partial charge in [0.2, 0.25) is 0 Å². The van der Waals surface area contributed by atoms with Crippen molar-refractivity contribution in [3.05, 3.63) is 35.9 Å². The van der Waals surface area contributed by atoms with E-state index in [9.17, 15) is 9.59 Å². The van der Waals surface area contributed by atoms with Crippen LogP contribution in [0.2, 0.25) is 0 Å². The van der Waals surface area contributed by atoms with Gasteiger partial charge in [-0.1, -0.05) is 30.3 Å². The molecule has 0 spiro atoms. The summed E-state index contributed by atoms with van der Waals surface area (Å²) in [6.45, 7) is 1.96. The van der Waals surface area contributed by atoms with Crippen molar-refractivity contribution in [2.45, 2.75) is 43.7 Å². The van der Waals surface area contributed by atoms with E-state index < -0.39 is 5.41 Å². The van der Waals surface area contributed by atoms with Gasteiger partial charge in [0.25, 0.3) is 0 Å². The van der Waals surface area contributed by atoms with Gasteiger partial charge in [0.15, 0.2) is 0 Å². The van der Waals surface area contributed by atoms with Crippen LogP contribution in [0.25, 0.3) is 0 Å². The van der Waals surface area contributed by atoms with Crippen molar-refractivity contribution in [3.63, 3.8) is 0 Å². The zero-order valence-corrected chi connectivity index (χ0v) is 15.5. The third kappa shape index (κ3) is 4.72. The highest BCUT2D eigenvalue weighted by atomic mass is 16.5. The molecule has 1 unspecified atom stereocenters. The Morgan fingerprint density at radius 2 is 1.92 bits per heavy atom. The molecular weight excluding hydrogens is 318 g/mol. The second-order valence-electron chi connectivity index (χ2n) is 7.14. The minimum absolute atomic E-state index is 0.175. The summed E-state index contributed by atoms with van der Waals surface area (Å²) in [5, 5.41) is 5.86. The van der Waals surface area contributed by atoms with Gasteiger partial charge in [-0.25, -0.2) is 4.79 Å². The summed E-state index contributed by atoms with van der Waals surface area (Å²) in [6.07, 6.45) is 3.01. The number of nitrogens with one attached hydrogen (secondary N) is 2. The molecule has 0 aliphatic heterocycles. The number of nitrogens with zero attached hydrogens (tertiary/aromatic N) is 1. The Morgan fingerprint density at radius 3 is 2.48 bits per heavy atom. The molecule has 6 heteroatoms. The molecule has 138 valence electrons. The Morgan fingerprint density at radius 1 is 1.24 bits per heavy atom. The van der Waals surface area contributed by atoms with E-state index in [0.29, 0.717) is 6.04 Å². The molecule has 1 aromatic carbocycles. The van der Waals surface area contributed by atoms with Gasteiger partial charge in [0.1, 0.15) is 5.41 Å². The maximum Gasteiger partial charge on any atom is 0.317 e. The Labute approximate surface area is 149 Å². The fourth-order valence-electron chi connectivity index (χ4n) is 3.37. The Kier molecular flexibility index (Phi) is 6.42. The third-order valence-electron chi connectivity index (χ3n) is 5.12. The molecule has 0 bridgehead atoms. The monoisotopic (exact) mass is 347 g/mol. The molecule has 1 fully saturated rings. The van der Waals surface area contributed by atoms with E-state index in [2.05, 4.69) is 29.6 Å². The van der Waals surface area contributed by atoms with Crippen LogP contribution in [0.4, 0.5) is 4.79 Å². The second kappa shape index (κ2) is 8.34. The lowest BCUT2D eigenvalue weighted by Crippen LogP contribution is -2.49. The number of benzene rings is 1. The molecule has 2 amide bonds. The molecule has 1 aromatic rings. The average molecular weight is 347 g/mol. The normalized spacial score (nSPS) is 22.3. The molecule has 0 heterocycles. The smallest absolute Gasteiger partial charge is 0.317 e. The first-order valence-corrected chi connectivity index (χ1v) is 8.71. The number of methoxy groups -OCH3 is 1. The molecule has 2 N–H and O–H groups in total. The first kappa shape index (κ1) is 19.2. The Balaban J connectivity index is 1.95. The van der Waals surface area contributed by atoms with Gasteiger partial charge >= 0.3 is 12.0 Å². The van der Waals surface area contributed by atoms with Crippen LogP contribution >= 0.6 is 0 Å². The predicted octanol–water partition coefficient (Wildman–Crippen LogP) is 1.90. The van der Waals surface area contributed by atoms with Crippen LogP contribution in [0, 0.1) is 0 Å². The molecule has 1 saturated carbocycles. The molecule has 0 aromatic heterocycles. The van der Waals surface area contributed by atoms with Gasteiger partial charge < -0.3 is 20.3 Å². The van der Waals surface area contributed by atoms with Gasteiger partial charge in [-0.2, -0.15) is 0 Å². The molecule has 0 saturated heterocycles. The number of amides is 2. The van der Waals surface area contributed by atoms with Crippen molar-refractivity contribution >= 4 is 12.0 Å². The maximum absolute atomic E-state index is 12.3. The van der Waals surface area contributed by atoms with E-state index in [4.69, 9.17) is 4.74 Å². The lowest BCUT2D eigenvalue weighted by molar-refractivity contribution is -0.146. The van der Waals surface area contributed by atoms with E-state index in [1.807, 2.05) is 30.3 Å². The lowest BCUT2D eigenvalue weighted by Gasteiger charge is -2.28. The van der Waals surface area contributed by atoms with Crippen molar-refractivity contribution < 1.29 is 14.3 Å². The summed E-state index contributed by atoms with van der Waals surface area (Å²) in [6, 6.07) is 9.82. The van der Waals surface area contributed by atoms with E-state index in [1.165, 1.54) is 7.11 Å². The summed E-state index contributed by atoms with van der Waals surface area (Å²) >= 11 is 0. The number of esters is 1. The van der Waals surface area contributed by atoms with Crippen molar-refractivity contribution in [2.24, 2.45) is 0 Å². The zero-order chi connectivity index (χ0) is 18.4. The predicted molar refractivity (Wildman–Crippen MR) is 97.5 cm³/mol. The Bertz CT molecular complexity index is 591. The standard InChI is InChI=1S/C19H29N3O3/c1-19(17(23)25-4,14-8-6-5-7-9-14)13-20-18(24)21-15-10-11-16(12-15)22(2)3/h5-9,15-16H,10-13H2,1-4H3,(H2,20,21,24)/t15-,16+,19?/m1/s1.